The van der Waals surface area contributed by atoms with Gasteiger partial charge in [-0.2, -0.15) is 10.5 Å². The molecule has 0 saturated heterocycles. The molecule has 1 rings (SSSR count). The minimum atomic E-state index is 0.271. The van der Waals surface area contributed by atoms with E-state index in [9.17, 15) is 5.26 Å². The maximum atomic E-state index is 9.28. The van der Waals surface area contributed by atoms with Crippen LogP contribution in [0.25, 0.3) is 0 Å². The quantitative estimate of drug-likeness (QED) is 0.759. The maximum absolute atomic E-state index is 9.28. The van der Waals surface area contributed by atoms with Gasteiger partial charge in [-0.3, -0.25) is 0 Å². The van der Waals surface area contributed by atoms with E-state index in [2.05, 4.69) is 24.0 Å². The molecule has 0 saturated carbocycles. The Bertz CT molecular complexity index is 523. The van der Waals surface area contributed by atoms with Gasteiger partial charge in [0.25, 0.3) is 0 Å². The first-order valence-electron chi connectivity index (χ1n) is 7.39. The van der Waals surface area contributed by atoms with Crippen molar-refractivity contribution in [2.75, 3.05) is 6.54 Å². The van der Waals surface area contributed by atoms with Crippen LogP contribution in [0.5, 0.6) is 0 Å². The molecule has 114 valence electrons. The topological polar surface area (TPSA) is 91.4 Å². The van der Waals surface area contributed by atoms with E-state index in [1.807, 2.05) is 4.57 Å². The molecule has 0 radical (unpaired) electrons. The van der Waals surface area contributed by atoms with E-state index < -0.39 is 0 Å². The van der Waals surface area contributed by atoms with Gasteiger partial charge in [0.1, 0.15) is 11.9 Å². The third kappa shape index (κ3) is 5.04. The van der Waals surface area contributed by atoms with E-state index in [1.165, 1.54) is 0 Å². The third-order valence-corrected chi connectivity index (χ3v) is 3.81. The van der Waals surface area contributed by atoms with Crippen molar-refractivity contribution in [3.05, 3.63) is 16.7 Å². The molecule has 2 N–H and O–H groups in total. The molecule has 6 heteroatoms. The summed E-state index contributed by atoms with van der Waals surface area (Å²) in [5, 5.41) is 18.3. The van der Waals surface area contributed by atoms with Crippen molar-refractivity contribution in [2.45, 2.75) is 52.0 Å². The van der Waals surface area contributed by atoms with Gasteiger partial charge in [-0.1, -0.05) is 24.9 Å². The Kier molecular flexibility index (Phi) is 7.82. The number of imidazole rings is 1. The number of nitriles is 2. The van der Waals surface area contributed by atoms with Gasteiger partial charge in [-0.25, -0.2) is 4.98 Å². The van der Waals surface area contributed by atoms with Gasteiger partial charge in [0, 0.05) is 19.4 Å². The first kappa shape index (κ1) is 17.5. The zero-order chi connectivity index (χ0) is 15.7. The van der Waals surface area contributed by atoms with Gasteiger partial charge >= 0.3 is 0 Å². The normalized spacial score (nSPS) is 11.9. The van der Waals surface area contributed by atoms with E-state index in [1.54, 1.807) is 0 Å². The zero-order valence-electron chi connectivity index (χ0n) is 12.5. The van der Waals surface area contributed by atoms with Crippen LogP contribution in [-0.4, -0.2) is 16.1 Å². The van der Waals surface area contributed by atoms with Crippen LogP contribution in [0.4, 0.5) is 0 Å². The lowest BCUT2D eigenvalue weighted by Crippen LogP contribution is -2.18. The first-order valence-corrected chi connectivity index (χ1v) is 7.77. The number of aromatic nitrogens is 2. The van der Waals surface area contributed by atoms with Gasteiger partial charge in [-0.05, 0) is 31.7 Å². The summed E-state index contributed by atoms with van der Waals surface area (Å²) >= 11 is 6.06. The van der Waals surface area contributed by atoms with Crippen LogP contribution in [0.2, 0.25) is 5.15 Å². The second kappa shape index (κ2) is 9.39. The molecular formula is C15H22ClN5. The Morgan fingerprint density at radius 3 is 2.71 bits per heavy atom. The molecule has 0 aliphatic carbocycles. The summed E-state index contributed by atoms with van der Waals surface area (Å²) in [5.74, 6) is 1.13. The summed E-state index contributed by atoms with van der Waals surface area (Å²) in [6.45, 7) is 3.34. The Morgan fingerprint density at radius 2 is 2.14 bits per heavy atom. The summed E-state index contributed by atoms with van der Waals surface area (Å²) in [6.07, 6.45) is 4.99. The number of unbranched alkanes of at least 4 members (excludes halogenated alkanes) is 1. The van der Waals surface area contributed by atoms with Gasteiger partial charge in [0.2, 0.25) is 0 Å². The number of nitrogens with two attached hydrogens (primary N) is 1. The smallest absolute Gasteiger partial charge is 0.165 e. The maximum Gasteiger partial charge on any atom is 0.165 e. The molecule has 1 atom stereocenters. The molecule has 0 fully saturated rings. The summed E-state index contributed by atoms with van der Waals surface area (Å²) in [5.41, 5.74) is 6.07. The molecule has 1 aromatic heterocycles. The fraction of sp³-hybridized carbons (Fsp3) is 0.667. The van der Waals surface area contributed by atoms with Crippen molar-refractivity contribution in [2.24, 2.45) is 11.7 Å². The highest BCUT2D eigenvalue weighted by molar-refractivity contribution is 6.30. The van der Waals surface area contributed by atoms with Crippen molar-refractivity contribution in [3.8, 4) is 12.1 Å². The first-order chi connectivity index (χ1) is 10.2. The van der Waals surface area contributed by atoms with Crippen molar-refractivity contribution < 1.29 is 0 Å². The monoisotopic (exact) mass is 307 g/mol. The molecule has 0 aromatic carbocycles. The lowest BCUT2D eigenvalue weighted by molar-refractivity contribution is 0.388. The van der Waals surface area contributed by atoms with Crippen LogP contribution < -0.4 is 5.73 Å². The minimum absolute atomic E-state index is 0.271. The van der Waals surface area contributed by atoms with Crippen LogP contribution in [0.3, 0.4) is 0 Å². The second-order valence-electron chi connectivity index (χ2n) is 5.13. The Balaban J connectivity index is 2.96. The second-order valence-corrected chi connectivity index (χ2v) is 5.49. The molecule has 0 spiro atoms. The number of hydrogen-bond donors (Lipinski definition) is 1. The van der Waals surface area contributed by atoms with Gasteiger partial charge in [0.05, 0.1) is 6.07 Å². The fourth-order valence-electron chi connectivity index (χ4n) is 2.39. The van der Waals surface area contributed by atoms with Gasteiger partial charge < -0.3 is 10.3 Å². The van der Waals surface area contributed by atoms with Crippen molar-refractivity contribution in [1.82, 2.24) is 9.55 Å². The third-order valence-electron chi connectivity index (χ3n) is 3.54. The molecule has 0 amide bonds. The minimum Gasteiger partial charge on any atom is -0.330 e. The van der Waals surface area contributed by atoms with E-state index >= 15 is 0 Å². The average molecular weight is 308 g/mol. The van der Waals surface area contributed by atoms with Crippen LogP contribution >= 0.6 is 11.6 Å². The number of hydrogen-bond acceptors (Lipinski definition) is 4. The molecule has 0 bridgehead atoms. The van der Waals surface area contributed by atoms with Crippen LogP contribution in [0.1, 0.15) is 50.5 Å². The zero-order valence-corrected chi connectivity index (χ0v) is 13.2. The van der Waals surface area contributed by atoms with Gasteiger partial charge in [-0.15, -0.1) is 0 Å². The Hall–Kier alpha value is -1.56. The molecule has 1 unspecified atom stereocenters. The molecule has 1 aromatic rings. The van der Waals surface area contributed by atoms with E-state index in [0.29, 0.717) is 25.2 Å². The van der Waals surface area contributed by atoms with E-state index in [0.717, 1.165) is 37.9 Å². The summed E-state index contributed by atoms with van der Waals surface area (Å²) in [4.78, 5) is 4.32. The lowest BCUT2D eigenvalue weighted by atomic mass is 9.99. The molecule has 0 aliphatic rings. The van der Waals surface area contributed by atoms with Crippen LogP contribution in [0, 0.1) is 28.6 Å². The summed E-state index contributed by atoms with van der Waals surface area (Å²) < 4.78 is 1.91. The standard InChI is InChI=1S/C15H22ClN5/c1-2-3-6-14-20-15(16)13(10-19)21(14)11-12(7-9-18)5-4-8-17/h12H,2-7,9,11,18H2,1H3. The molecular weight excluding hydrogens is 286 g/mol. The Labute approximate surface area is 131 Å². The number of aryl methyl sites for hydroxylation is 1. The molecule has 0 aliphatic heterocycles. The molecule has 5 nitrogen and oxygen atoms in total. The summed E-state index contributed by atoms with van der Waals surface area (Å²) in [7, 11) is 0. The fourth-order valence-corrected chi connectivity index (χ4v) is 2.63. The van der Waals surface area contributed by atoms with Crippen molar-refractivity contribution in [3.63, 3.8) is 0 Å². The predicted molar refractivity (Wildman–Crippen MR) is 82.6 cm³/mol. The van der Waals surface area contributed by atoms with Crippen molar-refractivity contribution >= 4 is 11.6 Å². The Morgan fingerprint density at radius 1 is 1.38 bits per heavy atom. The SMILES string of the molecule is CCCCc1nc(Cl)c(C#N)n1CC(CCN)CCC#N. The highest BCUT2D eigenvalue weighted by atomic mass is 35.5. The highest BCUT2D eigenvalue weighted by Gasteiger charge is 2.18. The van der Waals surface area contributed by atoms with Crippen LogP contribution in [-0.2, 0) is 13.0 Å². The number of nitrogens with zero attached hydrogens (tertiary/aromatic N) is 4. The number of rotatable bonds is 9. The molecule has 1 heterocycles. The van der Waals surface area contributed by atoms with Crippen LogP contribution in [0.15, 0.2) is 0 Å². The average Bonchev–Trinajstić information content (AvgIpc) is 2.77. The molecule has 21 heavy (non-hydrogen) atoms. The van der Waals surface area contributed by atoms with E-state index in [-0.39, 0.29) is 11.1 Å². The largest absolute Gasteiger partial charge is 0.330 e. The highest BCUT2D eigenvalue weighted by Crippen LogP contribution is 2.22. The predicted octanol–water partition coefficient (Wildman–Crippen LogP) is 3.02. The summed E-state index contributed by atoms with van der Waals surface area (Å²) in [6, 6.07) is 4.30. The van der Waals surface area contributed by atoms with Crippen molar-refractivity contribution in [1.29, 1.82) is 10.5 Å². The van der Waals surface area contributed by atoms with Gasteiger partial charge in [0.15, 0.2) is 10.8 Å². The van der Waals surface area contributed by atoms with E-state index in [4.69, 9.17) is 22.6 Å². The lowest BCUT2D eigenvalue weighted by Gasteiger charge is -2.17. The number of halogens is 1.